The van der Waals surface area contributed by atoms with E-state index in [1.165, 1.54) is 4.88 Å². The zero-order valence-corrected chi connectivity index (χ0v) is 12.0. The summed E-state index contributed by atoms with van der Waals surface area (Å²) in [5, 5.41) is 3.17. The Balaban J connectivity index is 1.88. The van der Waals surface area contributed by atoms with Gasteiger partial charge in [-0.1, -0.05) is 18.2 Å². The van der Waals surface area contributed by atoms with Crippen molar-refractivity contribution >= 4 is 38.2 Å². The predicted molar refractivity (Wildman–Crippen MR) is 78.9 cm³/mol. The third-order valence-corrected chi connectivity index (χ3v) is 4.86. The van der Waals surface area contributed by atoms with Crippen LogP contribution in [0, 0.1) is 0 Å². The van der Waals surface area contributed by atoms with Gasteiger partial charge in [-0.2, -0.15) is 0 Å². The Bertz CT molecular complexity index is 640. The lowest BCUT2D eigenvalue weighted by atomic mass is 10.1. The molecule has 2 N–H and O–H groups in total. The number of benzene rings is 1. The van der Waals surface area contributed by atoms with Gasteiger partial charge in [0, 0.05) is 21.2 Å². The molecule has 0 aliphatic heterocycles. The Hall–Kier alpha value is -1.10. The van der Waals surface area contributed by atoms with Gasteiger partial charge in [0.05, 0.1) is 6.04 Å². The zero-order valence-electron chi connectivity index (χ0n) is 9.60. The lowest BCUT2D eigenvalue weighted by Gasteiger charge is -2.07. The van der Waals surface area contributed by atoms with Gasteiger partial charge in [0.2, 0.25) is 0 Å². The highest BCUT2D eigenvalue weighted by molar-refractivity contribution is 9.10. The van der Waals surface area contributed by atoms with Crippen LogP contribution in [-0.2, 0) is 6.42 Å². The van der Waals surface area contributed by atoms with Crippen LogP contribution in [0.15, 0.2) is 50.7 Å². The van der Waals surface area contributed by atoms with Crippen molar-refractivity contribution in [1.82, 2.24) is 0 Å². The van der Waals surface area contributed by atoms with Gasteiger partial charge in [-0.25, -0.2) is 0 Å². The van der Waals surface area contributed by atoms with E-state index in [0.717, 1.165) is 27.6 Å². The summed E-state index contributed by atoms with van der Waals surface area (Å²) in [6.45, 7) is 0. The molecule has 0 saturated heterocycles. The normalized spacial score (nSPS) is 13.0. The quantitative estimate of drug-likeness (QED) is 0.771. The highest BCUT2D eigenvalue weighted by atomic mass is 79.9. The standard InChI is InChI=1S/C14H12BrNOS/c15-10-5-6-18-14(10)8-11(16)13-7-9-3-1-2-4-12(9)17-13/h1-7,11H,8,16H2. The van der Waals surface area contributed by atoms with Gasteiger partial charge < -0.3 is 10.2 Å². The monoisotopic (exact) mass is 321 g/mol. The van der Waals surface area contributed by atoms with Crippen LogP contribution in [0.25, 0.3) is 11.0 Å². The summed E-state index contributed by atoms with van der Waals surface area (Å²) < 4.78 is 6.91. The van der Waals surface area contributed by atoms with Crippen molar-refractivity contribution < 1.29 is 4.42 Å². The second-order valence-electron chi connectivity index (χ2n) is 4.19. The predicted octanol–water partition coefficient (Wildman–Crippen LogP) is 4.50. The molecular weight excluding hydrogens is 310 g/mol. The van der Waals surface area contributed by atoms with Crippen LogP contribution in [0.1, 0.15) is 16.7 Å². The number of thiophene rings is 1. The lowest BCUT2D eigenvalue weighted by molar-refractivity contribution is 0.495. The Kier molecular flexibility index (Phi) is 3.24. The lowest BCUT2D eigenvalue weighted by Crippen LogP contribution is -2.11. The fourth-order valence-electron chi connectivity index (χ4n) is 1.96. The molecule has 2 heterocycles. The molecule has 3 rings (SSSR count). The summed E-state index contributed by atoms with van der Waals surface area (Å²) in [6, 6.07) is 11.9. The van der Waals surface area contributed by atoms with E-state index >= 15 is 0 Å². The van der Waals surface area contributed by atoms with Gasteiger partial charge in [-0.3, -0.25) is 0 Å². The van der Waals surface area contributed by atoms with Crippen LogP contribution in [0.2, 0.25) is 0 Å². The number of rotatable bonds is 3. The molecule has 0 bridgehead atoms. The number of hydrogen-bond acceptors (Lipinski definition) is 3. The molecule has 0 amide bonds. The first-order valence-corrected chi connectivity index (χ1v) is 7.37. The molecule has 0 saturated carbocycles. The van der Waals surface area contributed by atoms with Gasteiger partial charge in [0.25, 0.3) is 0 Å². The SMILES string of the molecule is NC(Cc1sccc1Br)c1cc2ccccc2o1. The third kappa shape index (κ3) is 2.23. The van der Waals surface area contributed by atoms with Gasteiger partial charge in [0.1, 0.15) is 11.3 Å². The van der Waals surface area contributed by atoms with E-state index in [1.54, 1.807) is 11.3 Å². The van der Waals surface area contributed by atoms with E-state index in [-0.39, 0.29) is 6.04 Å². The van der Waals surface area contributed by atoms with Crippen molar-refractivity contribution in [2.75, 3.05) is 0 Å². The van der Waals surface area contributed by atoms with E-state index in [4.69, 9.17) is 10.2 Å². The van der Waals surface area contributed by atoms with Crippen LogP contribution in [0.5, 0.6) is 0 Å². The fraction of sp³-hybridized carbons (Fsp3) is 0.143. The molecule has 2 aromatic heterocycles. The van der Waals surface area contributed by atoms with Crippen LogP contribution in [0.3, 0.4) is 0 Å². The van der Waals surface area contributed by atoms with Gasteiger partial charge in [-0.05, 0) is 39.5 Å². The van der Waals surface area contributed by atoms with Crippen LogP contribution in [0.4, 0.5) is 0 Å². The van der Waals surface area contributed by atoms with E-state index in [2.05, 4.69) is 21.3 Å². The van der Waals surface area contributed by atoms with Crippen LogP contribution >= 0.6 is 27.3 Å². The minimum absolute atomic E-state index is 0.104. The maximum Gasteiger partial charge on any atom is 0.134 e. The van der Waals surface area contributed by atoms with E-state index in [0.29, 0.717) is 0 Å². The molecule has 2 nitrogen and oxygen atoms in total. The molecule has 18 heavy (non-hydrogen) atoms. The first kappa shape index (κ1) is 12.0. The number of hydrogen-bond donors (Lipinski definition) is 1. The molecule has 92 valence electrons. The molecule has 4 heteroatoms. The van der Waals surface area contributed by atoms with Crippen molar-refractivity contribution in [3.63, 3.8) is 0 Å². The summed E-state index contributed by atoms with van der Waals surface area (Å²) in [5.41, 5.74) is 7.11. The Labute approximate surface area is 118 Å². The molecule has 1 atom stereocenters. The van der Waals surface area contributed by atoms with E-state index in [1.807, 2.05) is 36.4 Å². The average Bonchev–Trinajstić information content (AvgIpc) is 2.96. The average molecular weight is 322 g/mol. The van der Waals surface area contributed by atoms with Gasteiger partial charge in [-0.15, -0.1) is 11.3 Å². The molecule has 3 aromatic rings. The minimum atomic E-state index is -0.104. The molecule has 1 aromatic carbocycles. The number of fused-ring (bicyclic) bond motifs is 1. The molecule has 0 aliphatic carbocycles. The summed E-state index contributed by atoms with van der Waals surface area (Å²) in [4.78, 5) is 1.25. The van der Waals surface area contributed by atoms with Gasteiger partial charge in [0.15, 0.2) is 0 Å². The summed E-state index contributed by atoms with van der Waals surface area (Å²) in [6.07, 6.45) is 0.790. The summed E-state index contributed by atoms with van der Waals surface area (Å²) >= 11 is 5.24. The second-order valence-corrected chi connectivity index (χ2v) is 6.04. The summed E-state index contributed by atoms with van der Waals surface area (Å²) in [7, 11) is 0. The molecular formula is C14H12BrNOS. The van der Waals surface area contributed by atoms with Crippen molar-refractivity contribution in [2.24, 2.45) is 5.73 Å². The van der Waals surface area contributed by atoms with Crippen molar-refractivity contribution in [3.05, 3.63) is 56.9 Å². The molecule has 1 unspecified atom stereocenters. The first-order valence-electron chi connectivity index (χ1n) is 5.70. The number of para-hydroxylation sites is 1. The first-order chi connectivity index (χ1) is 8.74. The maximum atomic E-state index is 6.21. The zero-order chi connectivity index (χ0) is 12.5. The van der Waals surface area contributed by atoms with Crippen molar-refractivity contribution in [1.29, 1.82) is 0 Å². The van der Waals surface area contributed by atoms with E-state index in [9.17, 15) is 0 Å². The highest BCUT2D eigenvalue weighted by Crippen LogP contribution is 2.29. The van der Waals surface area contributed by atoms with E-state index < -0.39 is 0 Å². The minimum Gasteiger partial charge on any atom is -0.459 e. The third-order valence-electron chi connectivity index (χ3n) is 2.91. The largest absolute Gasteiger partial charge is 0.459 e. The number of nitrogens with two attached hydrogens (primary N) is 1. The molecule has 0 radical (unpaired) electrons. The number of halogens is 1. The van der Waals surface area contributed by atoms with Crippen molar-refractivity contribution in [2.45, 2.75) is 12.5 Å². The van der Waals surface area contributed by atoms with Crippen LogP contribution < -0.4 is 5.73 Å². The topological polar surface area (TPSA) is 39.2 Å². The Morgan fingerprint density at radius 3 is 2.83 bits per heavy atom. The Morgan fingerprint density at radius 2 is 2.11 bits per heavy atom. The van der Waals surface area contributed by atoms with Gasteiger partial charge >= 0.3 is 0 Å². The van der Waals surface area contributed by atoms with Crippen molar-refractivity contribution in [3.8, 4) is 0 Å². The fourth-order valence-corrected chi connectivity index (χ4v) is 3.53. The smallest absolute Gasteiger partial charge is 0.134 e. The molecule has 0 fully saturated rings. The highest BCUT2D eigenvalue weighted by Gasteiger charge is 2.14. The number of furan rings is 1. The maximum absolute atomic E-state index is 6.21. The summed E-state index contributed by atoms with van der Waals surface area (Å²) in [5.74, 6) is 0.844. The second kappa shape index (κ2) is 4.88. The molecule has 0 spiro atoms. The van der Waals surface area contributed by atoms with Crippen LogP contribution in [-0.4, -0.2) is 0 Å². The Morgan fingerprint density at radius 1 is 1.28 bits per heavy atom. The molecule has 0 aliphatic rings.